The van der Waals surface area contributed by atoms with Crippen LogP contribution in [0.2, 0.25) is 0 Å². The maximum absolute atomic E-state index is 6.20. The highest BCUT2D eigenvalue weighted by molar-refractivity contribution is 5.55. The van der Waals surface area contributed by atoms with Crippen LogP contribution in [0, 0.1) is 0 Å². The molecule has 0 aromatic heterocycles. The summed E-state index contributed by atoms with van der Waals surface area (Å²) >= 11 is 0. The molecule has 0 amide bonds. The number of hydrogen-bond acceptors (Lipinski definition) is 9. The van der Waals surface area contributed by atoms with Gasteiger partial charge >= 0.3 is 0 Å². The molecule has 204 valence electrons. The molecule has 10 nitrogen and oxygen atoms in total. The average molecular weight is 505 g/mol. The van der Waals surface area contributed by atoms with E-state index < -0.39 is 0 Å². The first-order valence-electron chi connectivity index (χ1n) is 12.0. The molecule has 0 unspecified atom stereocenters. The van der Waals surface area contributed by atoms with E-state index in [0.29, 0.717) is 96.5 Å². The molecule has 0 spiro atoms. The van der Waals surface area contributed by atoms with E-state index in [4.69, 9.17) is 42.6 Å². The molecule has 0 N–H and O–H groups in total. The number of hydrogen-bond donors (Lipinski definition) is 0. The van der Waals surface area contributed by atoms with Crippen molar-refractivity contribution < 1.29 is 47.1 Å². The number of benzene rings is 1. The second-order valence-electron chi connectivity index (χ2n) is 8.69. The minimum atomic E-state index is 0.346. The first-order valence-corrected chi connectivity index (χ1v) is 12.0. The van der Waals surface area contributed by atoms with Crippen molar-refractivity contribution in [1.82, 2.24) is 0 Å². The second-order valence-corrected chi connectivity index (χ2v) is 8.69. The Hall–Kier alpha value is -1.66. The zero-order valence-corrected chi connectivity index (χ0v) is 22.5. The van der Waals surface area contributed by atoms with Crippen molar-refractivity contribution in [2.75, 3.05) is 122 Å². The fourth-order valence-corrected chi connectivity index (χ4v) is 2.98. The summed E-state index contributed by atoms with van der Waals surface area (Å²) in [6.07, 6.45) is 0. The van der Waals surface area contributed by atoms with Gasteiger partial charge in [-0.15, -0.1) is 0 Å². The fraction of sp³-hybridized carbons (Fsp3) is 0.760. The lowest BCUT2D eigenvalue weighted by atomic mass is 10.1. The number of ether oxygens (including phenoxy) is 9. The maximum atomic E-state index is 6.20. The largest absolute Gasteiger partial charge is 0.487 e. The third-order valence-electron chi connectivity index (χ3n) is 4.53. The zero-order chi connectivity index (χ0) is 25.8. The van der Waals surface area contributed by atoms with Gasteiger partial charge in [-0.05, 0) is 12.1 Å². The number of rotatable bonds is 23. The van der Waals surface area contributed by atoms with E-state index in [1.807, 2.05) is 12.1 Å². The molecule has 0 fully saturated rings. The number of quaternary nitrogens is 1. The van der Waals surface area contributed by atoms with Crippen molar-refractivity contribution in [3.05, 3.63) is 17.7 Å². The third-order valence-corrected chi connectivity index (χ3v) is 4.53. The lowest BCUT2D eigenvalue weighted by molar-refractivity contribution is -0.884. The van der Waals surface area contributed by atoms with Crippen LogP contribution >= 0.6 is 0 Å². The van der Waals surface area contributed by atoms with Gasteiger partial charge in [0.2, 0.25) is 5.75 Å². The highest BCUT2D eigenvalue weighted by atomic mass is 16.6. The summed E-state index contributed by atoms with van der Waals surface area (Å²) in [5, 5.41) is 0. The number of nitrogens with zero attached hydrogens (tertiary/aromatic N) is 1. The highest BCUT2D eigenvalue weighted by Crippen LogP contribution is 2.41. The SMILES string of the molecule is COCCOCCOc1ccc(C[N+](C)(C)C)c(OCCOCCOC)c1OCCOCCOC. The summed E-state index contributed by atoms with van der Waals surface area (Å²) in [6.45, 7) is 6.29. The monoisotopic (exact) mass is 504 g/mol. The van der Waals surface area contributed by atoms with Crippen LogP contribution in [0.3, 0.4) is 0 Å². The molecule has 0 heterocycles. The van der Waals surface area contributed by atoms with Crippen molar-refractivity contribution in [2.24, 2.45) is 0 Å². The molecule has 0 radical (unpaired) electrons. The van der Waals surface area contributed by atoms with E-state index in [9.17, 15) is 0 Å². The minimum Gasteiger partial charge on any atom is -0.487 e. The van der Waals surface area contributed by atoms with Crippen LogP contribution in [0.5, 0.6) is 17.2 Å². The van der Waals surface area contributed by atoms with Gasteiger partial charge in [0.1, 0.15) is 26.4 Å². The van der Waals surface area contributed by atoms with Crippen LogP contribution in [0.4, 0.5) is 0 Å². The molecule has 1 aromatic rings. The topological polar surface area (TPSA) is 83.1 Å². The Morgan fingerprint density at radius 2 is 0.943 bits per heavy atom. The summed E-state index contributed by atoms with van der Waals surface area (Å²) in [5.74, 6) is 1.81. The summed E-state index contributed by atoms with van der Waals surface area (Å²) < 4.78 is 50.8. The van der Waals surface area contributed by atoms with E-state index in [1.165, 1.54) is 0 Å². The first kappa shape index (κ1) is 31.4. The Labute approximate surface area is 210 Å². The quantitative estimate of drug-likeness (QED) is 0.164. The van der Waals surface area contributed by atoms with Crippen LogP contribution < -0.4 is 14.2 Å². The van der Waals surface area contributed by atoms with Gasteiger partial charge in [-0.1, -0.05) is 0 Å². The van der Waals surface area contributed by atoms with Gasteiger partial charge < -0.3 is 47.1 Å². The van der Waals surface area contributed by atoms with E-state index in [2.05, 4.69) is 21.1 Å². The smallest absolute Gasteiger partial charge is 0.204 e. The lowest BCUT2D eigenvalue weighted by Crippen LogP contribution is -2.33. The second kappa shape index (κ2) is 19.5. The molecule has 35 heavy (non-hydrogen) atoms. The standard InChI is InChI=1S/C25H46NO9/c1-26(2,3)21-22-7-8-23(33-18-15-30-12-9-27-4)25(35-20-17-32-14-11-29-6)24(22)34-19-16-31-13-10-28-5/h7-8H,9-21H2,1-6H3/q+1. The van der Waals surface area contributed by atoms with Crippen molar-refractivity contribution in [1.29, 1.82) is 0 Å². The van der Waals surface area contributed by atoms with Crippen molar-refractivity contribution >= 4 is 0 Å². The normalized spacial score (nSPS) is 11.6. The zero-order valence-electron chi connectivity index (χ0n) is 22.5. The predicted molar refractivity (Wildman–Crippen MR) is 133 cm³/mol. The van der Waals surface area contributed by atoms with Gasteiger partial charge in [0.05, 0.1) is 86.2 Å². The molecular formula is C25H46NO9+. The van der Waals surface area contributed by atoms with Crippen LogP contribution in [0.1, 0.15) is 5.56 Å². The van der Waals surface area contributed by atoms with Crippen LogP contribution in [-0.2, 0) is 35.0 Å². The Morgan fingerprint density at radius 1 is 0.514 bits per heavy atom. The van der Waals surface area contributed by atoms with Crippen molar-refractivity contribution in [3.63, 3.8) is 0 Å². The molecule has 0 saturated carbocycles. The van der Waals surface area contributed by atoms with E-state index in [1.54, 1.807) is 21.3 Å². The summed E-state index contributed by atoms with van der Waals surface area (Å²) in [5.41, 5.74) is 1.02. The Morgan fingerprint density at radius 3 is 1.40 bits per heavy atom. The van der Waals surface area contributed by atoms with E-state index in [0.717, 1.165) is 16.6 Å². The molecule has 1 rings (SSSR count). The summed E-state index contributed by atoms with van der Waals surface area (Å²) in [4.78, 5) is 0. The average Bonchev–Trinajstić information content (AvgIpc) is 2.81. The molecule has 0 atom stereocenters. The number of methoxy groups -OCH3 is 3. The molecule has 0 aliphatic rings. The van der Waals surface area contributed by atoms with Crippen LogP contribution in [-0.4, -0.2) is 126 Å². The van der Waals surface area contributed by atoms with Gasteiger partial charge in [-0.2, -0.15) is 0 Å². The van der Waals surface area contributed by atoms with E-state index in [-0.39, 0.29) is 0 Å². The van der Waals surface area contributed by atoms with Gasteiger partial charge in [-0.3, -0.25) is 0 Å². The Kier molecular flexibility index (Phi) is 17.5. The molecule has 0 bridgehead atoms. The highest BCUT2D eigenvalue weighted by Gasteiger charge is 2.22. The predicted octanol–water partition coefficient (Wildman–Crippen LogP) is 2.02. The summed E-state index contributed by atoms with van der Waals surface area (Å²) in [7, 11) is 11.3. The van der Waals surface area contributed by atoms with Crippen molar-refractivity contribution in [3.8, 4) is 17.2 Å². The van der Waals surface area contributed by atoms with Gasteiger partial charge in [0.15, 0.2) is 11.5 Å². The van der Waals surface area contributed by atoms with Gasteiger partial charge in [0.25, 0.3) is 0 Å². The van der Waals surface area contributed by atoms with Gasteiger partial charge in [-0.25, -0.2) is 0 Å². The Bertz CT molecular complexity index is 653. The van der Waals surface area contributed by atoms with Crippen LogP contribution in [0.25, 0.3) is 0 Å². The third kappa shape index (κ3) is 15.1. The van der Waals surface area contributed by atoms with E-state index >= 15 is 0 Å². The maximum Gasteiger partial charge on any atom is 0.204 e. The lowest BCUT2D eigenvalue weighted by Gasteiger charge is -2.26. The Balaban J connectivity index is 2.97. The molecule has 1 aromatic carbocycles. The molecule has 0 saturated heterocycles. The first-order chi connectivity index (χ1) is 16.9. The van der Waals surface area contributed by atoms with Crippen LogP contribution in [0.15, 0.2) is 12.1 Å². The van der Waals surface area contributed by atoms with Crippen molar-refractivity contribution in [2.45, 2.75) is 6.54 Å². The summed E-state index contributed by atoms with van der Waals surface area (Å²) in [6, 6.07) is 3.94. The molecule has 10 heteroatoms. The molecule has 0 aliphatic carbocycles. The molecule has 0 aliphatic heterocycles. The fourth-order valence-electron chi connectivity index (χ4n) is 2.98. The molecular weight excluding hydrogens is 458 g/mol. The van der Waals surface area contributed by atoms with Gasteiger partial charge in [0, 0.05) is 21.3 Å². The minimum absolute atomic E-state index is 0.346.